The topological polar surface area (TPSA) is 37.8 Å². The fourth-order valence-electron chi connectivity index (χ4n) is 1.70. The minimum absolute atomic E-state index is 0.880. The monoisotopic (exact) mass is 213 g/mol. The number of nitrogens with one attached hydrogen (secondary N) is 1. The van der Waals surface area contributed by atoms with Gasteiger partial charge in [0.2, 0.25) is 0 Å². The largest absolute Gasteiger partial charge is 0.373 e. The molecule has 0 aliphatic carbocycles. The molecule has 1 aromatic heterocycles. The first-order valence-corrected chi connectivity index (χ1v) is 5.28. The Labute approximate surface area is 95.6 Å². The first-order chi connectivity index (χ1) is 7.72. The van der Waals surface area contributed by atoms with Crippen molar-refractivity contribution in [1.29, 1.82) is 0 Å². The van der Waals surface area contributed by atoms with Crippen molar-refractivity contribution < 1.29 is 0 Å². The lowest BCUT2D eigenvalue weighted by molar-refractivity contribution is 1.13. The maximum Gasteiger partial charge on any atom is 0.132 e. The van der Waals surface area contributed by atoms with Crippen LogP contribution in [0.3, 0.4) is 0 Å². The summed E-state index contributed by atoms with van der Waals surface area (Å²) in [6.45, 7) is 4.11. The Morgan fingerprint density at radius 1 is 1.00 bits per heavy atom. The van der Waals surface area contributed by atoms with Crippen LogP contribution in [-0.2, 0) is 0 Å². The van der Waals surface area contributed by atoms with Gasteiger partial charge in [0.15, 0.2) is 0 Å². The van der Waals surface area contributed by atoms with Gasteiger partial charge in [-0.3, -0.25) is 0 Å². The maximum atomic E-state index is 4.34. The Kier molecular flexibility index (Phi) is 2.86. The number of benzene rings is 1. The third-order valence-corrected chi connectivity index (χ3v) is 2.65. The number of hydrogen-bond acceptors (Lipinski definition) is 3. The predicted molar refractivity (Wildman–Crippen MR) is 66.5 cm³/mol. The molecule has 0 spiro atoms. The van der Waals surface area contributed by atoms with Crippen molar-refractivity contribution in [3.05, 3.63) is 41.7 Å². The predicted octanol–water partition coefficient (Wildman–Crippen LogP) is 2.80. The summed E-state index contributed by atoms with van der Waals surface area (Å²) in [7, 11) is 1.87. The zero-order chi connectivity index (χ0) is 11.5. The van der Waals surface area contributed by atoms with Gasteiger partial charge in [-0.2, -0.15) is 0 Å². The van der Waals surface area contributed by atoms with Crippen LogP contribution in [-0.4, -0.2) is 17.0 Å². The summed E-state index contributed by atoms with van der Waals surface area (Å²) < 4.78 is 0. The molecule has 0 saturated carbocycles. The van der Waals surface area contributed by atoms with Crippen molar-refractivity contribution in [3.8, 4) is 11.3 Å². The minimum Gasteiger partial charge on any atom is -0.373 e. The van der Waals surface area contributed by atoms with Crippen LogP contribution in [0.15, 0.2) is 30.6 Å². The van der Waals surface area contributed by atoms with Crippen LogP contribution in [0.1, 0.15) is 11.1 Å². The van der Waals surface area contributed by atoms with Crippen LogP contribution in [0, 0.1) is 13.8 Å². The minimum atomic E-state index is 0.880. The molecule has 1 aromatic carbocycles. The molecule has 0 radical (unpaired) electrons. The molecule has 0 bridgehead atoms. The Hall–Kier alpha value is -1.90. The molecule has 2 aromatic rings. The van der Waals surface area contributed by atoms with E-state index in [1.54, 1.807) is 6.33 Å². The highest BCUT2D eigenvalue weighted by Crippen LogP contribution is 2.24. The first kappa shape index (κ1) is 10.6. The van der Waals surface area contributed by atoms with Gasteiger partial charge in [-0.15, -0.1) is 0 Å². The van der Waals surface area contributed by atoms with E-state index in [1.807, 2.05) is 14.0 Å². The Balaban J connectivity index is 2.51. The quantitative estimate of drug-likeness (QED) is 0.833. The van der Waals surface area contributed by atoms with E-state index in [2.05, 4.69) is 46.5 Å². The molecular weight excluding hydrogens is 198 g/mol. The van der Waals surface area contributed by atoms with E-state index in [0.29, 0.717) is 0 Å². The lowest BCUT2D eigenvalue weighted by Crippen LogP contribution is -1.99. The van der Waals surface area contributed by atoms with Gasteiger partial charge in [0.25, 0.3) is 0 Å². The number of aryl methyl sites for hydroxylation is 1. The molecule has 82 valence electrons. The highest BCUT2D eigenvalue weighted by molar-refractivity contribution is 5.67. The summed E-state index contributed by atoms with van der Waals surface area (Å²) in [4.78, 5) is 8.51. The van der Waals surface area contributed by atoms with Crippen LogP contribution >= 0.6 is 0 Å². The van der Waals surface area contributed by atoms with Crippen LogP contribution in [0.5, 0.6) is 0 Å². The number of hydrogen-bond donors (Lipinski definition) is 1. The molecule has 3 nitrogen and oxygen atoms in total. The maximum absolute atomic E-state index is 4.34. The highest BCUT2D eigenvalue weighted by atomic mass is 15.0. The fourth-order valence-corrected chi connectivity index (χ4v) is 1.70. The first-order valence-electron chi connectivity index (χ1n) is 5.28. The average Bonchev–Trinajstić information content (AvgIpc) is 2.31. The van der Waals surface area contributed by atoms with E-state index in [0.717, 1.165) is 22.6 Å². The third kappa shape index (κ3) is 1.89. The van der Waals surface area contributed by atoms with Crippen molar-refractivity contribution in [1.82, 2.24) is 9.97 Å². The summed E-state index contributed by atoms with van der Waals surface area (Å²) in [6.07, 6.45) is 1.59. The molecule has 0 aliphatic rings. The van der Waals surface area contributed by atoms with E-state index >= 15 is 0 Å². The summed E-state index contributed by atoms with van der Waals surface area (Å²) in [6, 6.07) is 8.36. The van der Waals surface area contributed by atoms with Crippen LogP contribution in [0.4, 0.5) is 5.82 Å². The van der Waals surface area contributed by atoms with Gasteiger partial charge in [0.1, 0.15) is 12.1 Å². The van der Waals surface area contributed by atoms with Gasteiger partial charge in [-0.1, -0.05) is 29.8 Å². The molecule has 3 heteroatoms. The molecule has 1 heterocycles. The second kappa shape index (κ2) is 4.31. The molecule has 0 aliphatic heterocycles. The van der Waals surface area contributed by atoms with Crippen molar-refractivity contribution in [2.75, 3.05) is 12.4 Å². The molecular formula is C13H15N3. The summed E-state index contributed by atoms with van der Waals surface area (Å²) >= 11 is 0. The normalized spacial score (nSPS) is 10.2. The van der Waals surface area contributed by atoms with Gasteiger partial charge in [0, 0.05) is 18.2 Å². The zero-order valence-corrected chi connectivity index (χ0v) is 9.78. The standard InChI is InChI=1S/C13H15N3/c1-9-4-6-11(7-5-9)12-10(2)13(14-3)16-8-15-12/h4-8H,1-3H3,(H,14,15,16). The smallest absolute Gasteiger partial charge is 0.132 e. The zero-order valence-electron chi connectivity index (χ0n) is 9.78. The molecule has 0 unspecified atom stereocenters. The van der Waals surface area contributed by atoms with Gasteiger partial charge < -0.3 is 5.32 Å². The third-order valence-electron chi connectivity index (χ3n) is 2.65. The van der Waals surface area contributed by atoms with E-state index in [9.17, 15) is 0 Å². The molecule has 1 N–H and O–H groups in total. The van der Waals surface area contributed by atoms with E-state index < -0.39 is 0 Å². The SMILES string of the molecule is CNc1ncnc(-c2ccc(C)cc2)c1C. The van der Waals surface area contributed by atoms with Crippen LogP contribution < -0.4 is 5.32 Å². The van der Waals surface area contributed by atoms with Crippen LogP contribution in [0.25, 0.3) is 11.3 Å². The summed E-state index contributed by atoms with van der Waals surface area (Å²) in [5.41, 5.74) is 4.44. The van der Waals surface area contributed by atoms with Gasteiger partial charge >= 0.3 is 0 Å². The number of nitrogens with zero attached hydrogens (tertiary/aromatic N) is 2. The van der Waals surface area contributed by atoms with E-state index in [-0.39, 0.29) is 0 Å². The highest BCUT2D eigenvalue weighted by Gasteiger charge is 2.07. The van der Waals surface area contributed by atoms with Crippen molar-refractivity contribution >= 4 is 5.82 Å². The Bertz CT molecular complexity index is 489. The second-order valence-corrected chi connectivity index (χ2v) is 3.81. The number of aromatic nitrogens is 2. The Morgan fingerprint density at radius 2 is 1.69 bits per heavy atom. The molecule has 0 amide bonds. The fraction of sp³-hybridized carbons (Fsp3) is 0.231. The Morgan fingerprint density at radius 3 is 2.31 bits per heavy atom. The average molecular weight is 213 g/mol. The van der Waals surface area contributed by atoms with Gasteiger partial charge in [-0.25, -0.2) is 9.97 Å². The summed E-state index contributed by atoms with van der Waals surface area (Å²) in [5.74, 6) is 0.880. The van der Waals surface area contributed by atoms with Crippen LogP contribution in [0.2, 0.25) is 0 Å². The van der Waals surface area contributed by atoms with E-state index in [4.69, 9.17) is 0 Å². The van der Waals surface area contributed by atoms with Crippen molar-refractivity contribution in [2.24, 2.45) is 0 Å². The molecule has 0 saturated heterocycles. The van der Waals surface area contributed by atoms with Gasteiger partial charge in [0.05, 0.1) is 5.69 Å². The summed E-state index contributed by atoms with van der Waals surface area (Å²) in [5, 5.41) is 3.07. The lowest BCUT2D eigenvalue weighted by Gasteiger charge is -2.08. The number of anilines is 1. The van der Waals surface area contributed by atoms with Crippen molar-refractivity contribution in [2.45, 2.75) is 13.8 Å². The van der Waals surface area contributed by atoms with E-state index in [1.165, 1.54) is 5.56 Å². The molecule has 16 heavy (non-hydrogen) atoms. The number of rotatable bonds is 2. The molecule has 0 fully saturated rings. The second-order valence-electron chi connectivity index (χ2n) is 3.81. The molecule has 0 atom stereocenters. The van der Waals surface area contributed by atoms with Crippen molar-refractivity contribution in [3.63, 3.8) is 0 Å². The molecule has 2 rings (SSSR count). The lowest BCUT2D eigenvalue weighted by atomic mass is 10.1. The van der Waals surface area contributed by atoms with Gasteiger partial charge in [-0.05, 0) is 13.8 Å².